The lowest BCUT2D eigenvalue weighted by atomic mass is 10.2. The van der Waals surface area contributed by atoms with Gasteiger partial charge in [0.05, 0.1) is 6.26 Å². The van der Waals surface area contributed by atoms with E-state index < -0.39 is 11.8 Å². The Kier molecular flexibility index (Phi) is 8.41. The third kappa shape index (κ3) is 8.28. The van der Waals surface area contributed by atoms with Crippen molar-refractivity contribution in [3.63, 3.8) is 0 Å². The summed E-state index contributed by atoms with van der Waals surface area (Å²) in [5.74, 6) is -0.633. The molecule has 1 aromatic heterocycles. The zero-order valence-corrected chi connectivity index (χ0v) is 15.8. The second kappa shape index (κ2) is 11.3. The van der Waals surface area contributed by atoms with E-state index in [-0.39, 0.29) is 23.9 Å². The highest BCUT2D eigenvalue weighted by Gasteiger charge is 2.08. The van der Waals surface area contributed by atoms with E-state index in [2.05, 4.69) is 21.5 Å². The van der Waals surface area contributed by atoms with E-state index >= 15 is 0 Å². The van der Waals surface area contributed by atoms with Crippen molar-refractivity contribution in [2.24, 2.45) is 0 Å². The zero-order valence-electron chi connectivity index (χ0n) is 14.9. The summed E-state index contributed by atoms with van der Waals surface area (Å²) in [4.78, 5) is 35.2. The Morgan fingerprint density at radius 2 is 1.71 bits per heavy atom. The highest BCUT2D eigenvalue weighted by atomic mass is 32.1. The van der Waals surface area contributed by atoms with Gasteiger partial charge in [-0.2, -0.15) is 0 Å². The molecule has 0 fully saturated rings. The average molecular weight is 400 g/mol. The smallest absolute Gasteiger partial charge is 0.250 e. The van der Waals surface area contributed by atoms with Crippen molar-refractivity contribution in [1.82, 2.24) is 21.5 Å². The van der Waals surface area contributed by atoms with E-state index in [1.54, 1.807) is 12.1 Å². The van der Waals surface area contributed by atoms with E-state index in [9.17, 15) is 14.4 Å². The van der Waals surface area contributed by atoms with E-state index in [1.807, 2.05) is 30.3 Å². The molecule has 0 aliphatic carbocycles. The van der Waals surface area contributed by atoms with E-state index in [1.165, 1.54) is 18.4 Å². The van der Waals surface area contributed by atoms with Gasteiger partial charge >= 0.3 is 0 Å². The van der Waals surface area contributed by atoms with Crippen LogP contribution in [0.15, 0.2) is 59.2 Å². The van der Waals surface area contributed by atoms with Gasteiger partial charge in [-0.05, 0) is 36.0 Å². The maximum Gasteiger partial charge on any atom is 0.250 e. The molecule has 9 heteroatoms. The second-order valence-electron chi connectivity index (χ2n) is 5.60. The Bertz CT molecular complexity index is 835. The Balaban J connectivity index is 1.58. The number of furan rings is 1. The third-order valence-corrected chi connectivity index (χ3v) is 3.61. The van der Waals surface area contributed by atoms with Crippen molar-refractivity contribution in [1.29, 1.82) is 0 Å². The Morgan fingerprint density at radius 1 is 0.964 bits per heavy atom. The van der Waals surface area contributed by atoms with E-state index in [4.69, 9.17) is 16.6 Å². The lowest BCUT2D eigenvalue weighted by Gasteiger charge is -2.10. The Labute approximate surface area is 167 Å². The highest BCUT2D eigenvalue weighted by Crippen LogP contribution is 2.01. The van der Waals surface area contributed by atoms with Crippen LogP contribution in [0.3, 0.4) is 0 Å². The van der Waals surface area contributed by atoms with Crippen LogP contribution in [-0.2, 0) is 20.9 Å². The molecule has 146 valence electrons. The minimum atomic E-state index is -0.483. The quantitative estimate of drug-likeness (QED) is 0.318. The summed E-state index contributed by atoms with van der Waals surface area (Å²) in [6.07, 6.45) is 4.21. The van der Waals surface area contributed by atoms with E-state index in [0.717, 1.165) is 5.56 Å². The molecule has 0 aliphatic rings. The molecule has 2 rings (SSSR count). The van der Waals surface area contributed by atoms with Crippen molar-refractivity contribution in [3.05, 3.63) is 66.1 Å². The second-order valence-corrected chi connectivity index (χ2v) is 6.01. The first-order valence-corrected chi connectivity index (χ1v) is 8.86. The summed E-state index contributed by atoms with van der Waals surface area (Å²) >= 11 is 4.90. The molecule has 0 radical (unpaired) electrons. The van der Waals surface area contributed by atoms with Crippen LogP contribution in [0.5, 0.6) is 0 Å². The minimum absolute atomic E-state index is 0.0252. The lowest BCUT2D eigenvalue weighted by Crippen LogP contribution is -2.48. The number of thiocarbonyl (C=S) groups is 1. The molecular formula is C19H20N4O4S. The zero-order chi connectivity index (χ0) is 20.2. The largest absolute Gasteiger partial charge is 0.465 e. The van der Waals surface area contributed by atoms with Crippen molar-refractivity contribution < 1.29 is 18.8 Å². The standard InChI is InChI=1S/C19H20N4O4S/c24-16(20-13-14-5-2-1-3-6-14)10-11-18(26)22-23-19(28)21-17(25)9-8-15-7-4-12-27-15/h1-9,12H,10-11,13H2,(H,20,24)(H,22,26)(H2,21,23,25,28)/b9-8+. The molecule has 0 saturated heterocycles. The van der Waals surface area contributed by atoms with Gasteiger partial charge in [0.25, 0.3) is 0 Å². The maximum absolute atomic E-state index is 11.8. The van der Waals surface area contributed by atoms with Gasteiger partial charge in [-0.25, -0.2) is 0 Å². The summed E-state index contributed by atoms with van der Waals surface area (Å²) in [7, 11) is 0. The molecule has 1 aromatic carbocycles. The lowest BCUT2D eigenvalue weighted by molar-refractivity contribution is -0.126. The molecule has 0 saturated carbocycles. The number of amides is 3. The van der Waals surface area contributed by atoms with Gasteiger partial charge < -0.3 is 9.73 Å². The fourth-order valence-electron chi connectivity index (χ4n) is 2.03. The first kappa shape index (κ1) is 20.8. The number of nitrogens with one attached hydrogen (secondary N) is 4. The van der Waals surface area contributed by atoms with Gasteiger partial charge in [-0.3, -0.25) is 30.6 Å². The first-order chi connectivity index (χ1) is 13.5. The topological polar surface area (TPSA) is 112 Å². The molecule has 1 heterocycles. The number of hydrogen-bond donors (Lipinski definition) is 4. The summed E-state index contributed by atoms with van der Waals surface area (Å²) < 4.78 is 5.05. The molecule has 0 aliphatic heterocycles. The third-order valence-electron chi connectivity index (χ3n) is 3.41. The molecule has 0 spiro atoms. The Hall–Kier alpha value is -3.46. The predicted octanol–water partition coefficient (Wildman–Crippen LogP) is 1.41. The number of carbonyl (C=O) groups excluding carboxylic acids is 3. The van der Waals surface area contributed by atoms with Gasteiger partial charge in [0, 0.05) is 25.5 Å². The fraction of sp³-hybridized carbons (Fsp3) is 0.158. The van der Waals surface area contributed by atoms with Crippen LogP contribution in [0.4, 0.5) is 0 Å². The van der Waals surface area contributed by atoms with Crippen LogP contribution in [0.25, 0.3) is 6.08 Å². The Morgan fingerprint density at radius 3 is 2.43 bits per heavy atom. The molecule has 0 unspecified atom stereocenters. The van der Waals surface area contributed by atoms with Crippen LogP contribution in [0, 0.1) is 0 Å². The molecule has 4 N–H and O–H groups in total. The van der Waals surface area contributed by atoms with Crippen LogP contribution < -0.4 is 21.5 Å². The number of benzene rings is 1. The van der Waals surface area contributed by atoms with E-state index in [0.29, 0.717) is 12.3 Å². The molecular weight excluding hydrogens is 380 g/mol. The fourth-order valence-corrected chi connectivity index (χ4v) is 2.18. The number of carbonyl (C=O) groups is 3. The van der Waals surface area contributed by atoms with Crippen molar-refractivity contribution in [2.75, 3.05) is 0 Å². The van der Waals surface area contributed by atoms with Gasteiger partial charge in [0.15, 0.2) is 5.11 Å². The highest BCUT2D eigenvalue weighted by molar-refractivity contribution is 7.80. The van der Waals surface area contributed by atoms with Crippen molar-refractivity contribution in [2.45, 2.75) is 19.4 Å². The molecule has 28 heavy (non-hydrogen) atoms. The summed E-state index contributed by atoms with van der Waals surface area (Å²) in [5, 5.41) is 5.02. The normalized spacial score (nSPS) is 10.3. The van der Waals surface area contributed by atoms with Crippen LogP contribution in [0.2, 0.25) is 0 Å². The molecule has 8 nitrogen and oxygen atoms in total. The molecule has 3 amide bonds. The summed E-state index contributed by atoms with van der Waals surface area (Å²) in [6.45, 7) is 0.404. The monoisotopic (exact) mass is 400 g/mol. The molecule has 2 aromatic rings. The number of rotatable bonds is 7. The summed E-state index contributed by atoms with van der Waals surface area (Å²) in [6, 6.07) is 12.8. The number of hydrazine groups is 1. The number of hydrogen-bond acceptors (Lipinski definition) is 5. The summed E-state index contributed by atoms with van der Waals surface area (Å²) in [5.41, 5.74) is 5.69. The maximum atomic E-state index is 11.8. The van der Waals surface area contributed by atoms with Crippen molar-refractivity contribution in [3.8, 4) is 0 Å². The van der Waals surface area contributed by atoms with Gasteiger partial charge in [-0.1, -0.05) is 30.3 Å². The van der Waals surface area contributed by atoms with Gasteiger partial charge in [-0.15, -0.1) is 0 Å². The average Bonchev–Trinajstić information content (AvgIpc) is 3.22. The molecule has 0 bridgehead atoms. The first-order valence-electron chi connectivity index (χ1n) is 8.45. The SMILES string of the molecule is O=C(/C=C/c1ccco1)NC(=S)NNC(=O)CCC(=O)NCc1ccccc1. The van der Waals surface area contributed by atoms with Crippen LogP contribution in [0.1, 0.15) is 24.2 Å². The van der Waals surface area contributed by atoms with Crippen molar-refractivity contribution >= 4 is 41.1 Å². The van der Waals surface area contributed by atoms with Crippen LogP contribution in [-0.4, -0.2) is 22.8 Å². The van der Waals surface area contributed by atoms with Crippen LogP contribution >= 0.6 is 12.2 Å². The van der Waals surface area contributed by atoms with Gasteiger partial charge in [0.2, 0.25) is 17.7 Å². The molecule has 0 atom stereocenters. The minimum Gasteiger partial charge on any atom is -0.465 e. The predicted molar refractivity (Wildman–Crippen MR) is 107 cm³/mol. The van der Waals surface area contributed by atoms with Gasteiger partial charge in [0.1, 0.15) is 5.76 Å².